The van der Waals surface area contributed by atoms with Gasteiger partial charge in [-0.3, -0.25) is 0 Å². The van der Waals surface area contributed by atoms with E-state index in [0.29, 0.717) is 18.1 Å². The Hall–Kier alpha value is -1.26. The second-order valence-electron chi connectivity index (χ2n) is 6.76. The van der Waals surface area contributed by atoms with Gasteiger partial charge in [0.25, 0.3) is 0 Å². The van der Waals surface area contributed by atoms with E-state index >= 15 is 0 Å². The Morgan fingerprint density at radius 2 is 2.00 bits per heavy atom. The van der Waals surface area contributed by atoms with Crippen molar-refractivity contribution in [3.05, 3.63) is 23.8 Å². The molecule has 0 amide bonds. The zero-order valence-corrected chi connectivity index (χ0v) is 14.0. The second kappa shape index (κ2) is 6.88. The smallest absolute Gasteiger partial charge is 0.126 e. The molecule has 1 saturated heterocycles. The van der Waals surface area contributed by atoms with Crippen LogP contribution < -0.4 is 14.8 Å². The van der Waals surface area contributed by atoms with Gasteiger partial charge in [0.05, 0.1) is 7.11 Å². The number of fused-ring (bicyclic) bond motifs is 1. The molecule has 0 radical (unpaired) electrons. The molecule has 1 aromatic carbocycles. The molecule has 0 unspecified atom stereocenters. The minimum Gasteiger partial charge on any atom is -0.497 e. The molecule has 4 nitrogen and oxygen atoms in total. The summed E-state index contributed by atoms with van der Waals surface area (Å²) in [7, 11) is 1.69. The zero-order chi connectivity index (χ0) is 15.5. The third kappa shape index (κ3) is 3.55. The van der Waals surface area contributed by atoms with Crippen LogP contribution in [0.1, 0.15) is 32.3 Å². The quantitative estimate of drug-likeness (QED) is 0.926. The summed E-state index contributed by atoms with van der Waals surface area (Å²) < 4.78 is 11.2. The van der Waals surface area contributed by atoms with Crippen LogP contribution in [0.4, 0.5) is 0 Å². The molecule has 4 heteroatoms. The number of likely N-dealkylation sites (tertiary alicyclic amines) is 1. The molecule has 122 valence electrons. The molecule has 0 bridgehead atoms. The number of ether oxygens (including phenoxy) is 2. The van der Waals surface area contributed by atoms with E-state index in [0.717, 1.165) is 24.5 Å². The van der Waals surface area contributed by atoms with Crippen molar-refractivity contribution in [2.45, 2.75) is 51.2 Å². The maximum atomic E-state index is 5.93. The van der Waals surface area contributed by atoms with Crippen LogP contribution in [0.25, 0.3) is 0 Å². The highest BCUT2D eigenvalue weighted by atomic mass is 16.5. The first kappa shape index (κ1) is 15.6. The summed E-state index contributed by atoms with van der Waals surface area (Å²) in [5.74, 6) is 1.85. The Morgan fingerprint density at radius 3 is 2.68 bits per heavy atom. The fourth-order valence-corrected chi connectivity index (χ4v) is 3.50. The highest BCUT2D eigenvalue weighted by Gasteiger charge is 2.26. The summed E-state index contributed by atoms with van der Waals surface area (Å²) in [6.45, 7) is 7.74. The molecule has 0 aromatic heterocycles. The average molecular weight is 304 g/mol. The summed E-state index contributed by atoms with van der Waals surface area (Å²) in [6, 6.07) is 7.86. The number of hydrogen-bond acceptors (Lipinski definition) is 4. The van der Waals surface area contributed by atoms with Crippen molar-refractivity contribution < 1.29 is 9.47 Å². The Balaban J connectivity index is 1.53. The number of piperidine rings is 1. The van der Waals surface area contributed by atoms with Gasteiger partial charge in [0.15, 0.2) is 0 Å². The predicted molar refractivity (Wildman–Crippen MR) is 88.8 cm³/mol. The van der Waals surface area contributed by atoms with Crippen LogP contribution in [0.2, 0.25) is 0 Å². The molecule has 2 heterocycles. The lowest BCUT2D eigenvalue weighted by atomic mass is 9.98. The van der Waals surface area contributed by atoms with E-state index in [1.54, 1.807) is 7.11 Å². The van der Waals surface area contributed by atoms with Crippen LogP contribution in [0, 0.1) is 0 Å². The predicted octanol–water partition coefficient (Wildman–Crippen LogP) is 2.46. The van der Waals surface area contributed by atoms with Gasteiger partial charge in [0.1, 0.15) is 18.1 Å². The molecule has 22 heavy (non-hydrogen) atoms. The van der Waals surface area contributed by atoms with Gasteiger partial charge in [-0.15, -0.1) is 0 Å². The molecule has 1 fully saturated rings. The first-order valence-electron chi connectivity index (χ1n) is 8.45. The molecular weight excluding hydrogens is 276 g/mol. The van der Waals surface area contributed by atoms with Crippen LogP contribution in [0.15, 0.2) is 18.2 Å². The van der Waals surface area contributed by atoms with Crippen molar-refractivity contribution in [2.24, 2.45) is 0 Å². The lowest BCUT2D eigenvalue weighted by Crippen LogP contribution is -2.50. The van der Waals surface area contributed by atoms with Crippen molar-refractivity contribution in [1.82, 2.24) is 10.2 Å². The number of nitrogens with zero attached hydrogens (tertiary/aromatic N) is 1. The average Bonchev–Trinajstić information content (AvgIpc) is 2.55. The molecule has 2 aliphatic rings. The number of benzene rings is 1. The highest BCUT2D eigenvalue weighted by Crippen LogP contribution is 2.29. The third-order valence-electron chi connectivity index (χ3n) is 4.91. The maximum absolute atomic E-state index is 5.93. The summed E-state index contributed by atoms with van der Waals surface area (Å²) in [5.41, 5.74) is 1.28. The van der Waals surface area contributed by atoms with E-state index in [1.165, 1.54) is 31.5 Å². The van der Waals surface area contributed by atoms with E-state index < -0.39 is 0 Å². The molecule has 1 atom stereocenters. The Bertz CT molecular complexity index is 496. The number of rotatable bonds is 4. The molecule has 2 aliphatic heterocycles. The van der Waals surface area contributed by atoms with Crippen molar-refractivity contribution >= 4 is 0 Å². The minimum absolute atomic E-state index is 0.427. The number of methoxy groups -OCH3 is 1. The molecule has 0 spiro atoms. The molecule has 0 saturated carbocycles. The van der Waals surface area contributed by atoms with E-state index in [2.05, 4.69) is 30.1 Å². The highest BCUT2D eigenvalue weighted by molar-refractivity contribution is 5.42. The SMILES string of the molecule is COc1ccc2c(c1)OC[C@H](NC1CCN(C(C)C)CC1)C2. The molecular formula is C18H28N2O2. The topological polar surface area (TPSA) is 33.7 Å². The van der Waals surface area contributed by atoms with E-state index in [1.807, 2.05) is 12.1 Å². The monoisotopic (exact) mass is 304 g/mol. The van der Waals surface area contributed by atoms with E-state index in [9.17, 15) is 0 Å². The van der Waals surface area contributed by atoms with Gasteiger partial charge in [-0.1, -0.05) is 6.07 Å². The van der Waals surface area contributed by atoms with Gasteiger partial charge in [0, 0.05) is 24.2 Å². The van der Waals surface area contributed by atoms with Crippen LogP contribution >= 0.6 is 0 Å². The van der Waals surface area contributed by atoms with E-state index in [4.69, 9.17) is 9.47 Å². The normalized spacial score (nSPS) is 23.2. The Morgan fingerprint density at radius 1 is 1.23 bits per heavy atom. The minimum atomic E-state index is 0.427. The summed E-state index contributed by atoms with van der Waals surface area (Å²) in [5, 5.41) is 3.80. The van der Waals surface area contributed by atoms with Crippen LogP contribution in [0.5, 0.6) is 11.5 Å². The second-order valence-corrected chi connectivity index (χ2v) is 6.76. The molecule has 1 aromatic rings. The maximum Gasteiger partial charge on any atom is 0.126 e. The van der Waals surface area contributed by atoms with Gasteiger partial charge < -0.3 is 19.7 Å². The molecule has 0 aliphatic carbocycles. The largest absolute Gasteiger partial charge is 0.497 e. The van der Waals surface area contributed by atoms with E-state index in [-0.39, 0.29) is 0 Å². The van der Waals surface area contributed by atoms with Gasteiger partial charge in [-0.05, 0) is 57.8 Å². The van der Waals surface area contributed by atoms with Crippen LogP contribution in [0.3, 0.4) is 0 Å². The first-order chi connectivity index (χ1) is 10.7. The molecule has 3 rings (SSSR count). The number of nitrogens with one attached hydrogen (secondary N) is 1. The fourth-order valence-electron chi connectivity index (χ4n) is 3.50. The van der Waals surface area contributed by atoms with Gasteiger partial charge in [-0.2, -0.15) is 0 Å². The van der Waals surface area contributed by atoms with Gasteiger partial charge in [-0.25, -0.2) is 0 Å². The molecule has 1 N–H and O–H groups in total. The number of hydrogen-bond donors (Lipinski definition) is 1. The van der Waals surface area contributed by atoms with Crippen molar-refractivity contribution in [3.63, 3.8) is 0 Å². The van der Waals surface area contributed by atoms with Gasteiger partial charge in [0.2, 0.25) is 0 Å². The Labute approximate surface area is 133 Å². The third-order valence-corrected chi connectivity index (χ3v) is 4.91. The lowest BCUT2D eigenvalue weighted by molar-refractivity contribution is 0.145. The van der Waals surface area contributed by atoms with Crippen LogP contribution in [-0.4, -0.2) is 49.8 Å². The van der Waals surface area contributed by atoms with Crippen molar-refractivity contribution in [1.29, 1.82) is 0 Å². The first-order valence-corrected chi connectivity index (χ1v) is 8.45. The zero-order valence-electron chi connectivity index (χ0n) is 14.0. The summed E-state index contributed by atoms with van der Waals surface area (Å²) >= 11 is 0. The Kier molecular flexibility index (Phi) is 4.89. The van der Waals surface area contributed by atoms with Gasteiger partial charge >= 0.3 is 0 Å². The fraction of sp³-hybridized carbons (Fsp3) is 0.667. The standard InChI is InChI=1S/C18H28N2O2/c1-13(2)20-8-6-15(7-9-20)19-16-10-14-4-5-17(21-3)11-18(14)22-12-16/h4-5,11,13,15-16,19H,6-10,12H2,1-3H3/t16-/m1/s1. The van der Waals surface area contributed by atoms with Crippen LogP contribution in [-0.2, 0) is 6.42 Å². The summed E-state index contributed by atoms with van der Waals surface area (Å²) in [4.78, 5) is 2.57. The van der Waals surface area contributed by atoms with Crippen molar-refractivity contribution in [3.8, 4) is 11.5 Å². The lowest BCUT2D eigenvalue weighted by Gasteiger charge is -2.37. The van der Waals surface area contributed by atoms with Crippen molar-refractivity contribution in [2.75, 3.05) is 26.8 Å². The summed E-state index contributed by atoms with van der Waals surface area (Å²) in [6.07, 6.45) is 3.53.